The van der Waals surface area contributed by atoms with Gasteiger partial charge in [-0.15, -0.1) is 0 Å². The van der Waals surface area contributed by atoms with Crippen LogP contribution in [0.25, 0.3) is 0 Å². The van der Waals surface area contributed by atoms with Crippen molar-refractivity contribution < 1.29 is 9.47 Å². The van der Waals surface area contributed by atoms with Gasteiger partial charge in [-0.05, 0) is 13.8 Å². The molecule has 2 heteroatoms. The lowest BCUT2D eigenvalue weighted by Crippen LogP contribution is -2.01. The van der Waals surface area contributed by atoms with Crippen molar-refractivity contribution >= 4 is 0 Å². The van der Waals surface area contributed by atoms with Crippen LogP contribution >= 0.6 is 0 Å². The van der Waals surface area contributed by atoms with Crippen LogP contribution in [0, 0.1) is 0 Å². The summed E-state index contributed by atoms with van der Waals surface area (Å²) in [7, 11) is 0. The van der Waals surface area contributed by atoms with Crippen molar-refractivity contribution in [1.82, 2.24) is 0 Å². The van der Waals surface area contributed by atoms with E-state index in [0.29, 0.717) is 24.4 Å². The topological polar surface area (TPSA) is 25.1 Å². The molecular formula is C6H10O2. The van der Waals surface area contributed by atoms with Gasteiger partial charge >= 0.3 is 0 Å². The molecule has 2 heterocycles. The Labute approximate surface area is 48.8 Å². The molecule has 0 aliphatic carbocycles. The highest BCUT2D eigenvalue weighted by Crippen LogP contribution is 2.37. The van der Waals surface area contributed by atoms with Gasteiger partial charge in [0.15, 0.2) is 0 Å². The first-order valence-electron chi connectivity index (χ1n) is 3.10. The Morgan fingerprint density at radius 3 is 1.25 bits per heavy atom. The summed E-state index contributed by atoms with van der Waals surface area (Å²) >= 11 is 0. The highest BCUT2D eigenvalue weighted by Gasteiger charge is 2.53. The van der Waals surface area contributed by atoms with E-state index in [0.717, 1.165) is 0 Å². The van der Waals surface area contributed by atoms with Gasteiger partial charge in [-0.3, -0.25) is 0 Å². The highest BCUT2D eigenvalue weighted by atomic mass is 16.7. The molecule has 0 aromatic heterocycles. The maximum Gasteiger partial charge on any atom is 0.112 e. The zero-order valence-corrected chi connectivity index (χ0v) is 5.13. The number of epoxide rings is 2. The maximum atomic E-state index is 5.19. The summed E-state index contributed by atoms with van der Waals surface area (Å²) < 4.78 is 10.4. The fourth-order valence-electron chi connectivity index (χ4n) is 1.09. The average Bonchev–Trinajstić information content (AvgIpc) is 2.47. The lowest BCUT2D eigenvalue weighted by molar-refractivity contribution is 0.311. The maximum absolute atomic E-state index is 5.19. The van der Waals surface area contributed by atoms with Crippen LogP contribution in [0.15, 0.2) is 0 Å². The second kappa shape index (κ2) is 1.25. The zero-order chi connectivity index (χ0) is 5.72. The molecule has 2 nitrogen and oxygen atoms in total. The fourth-order valence-corrected chi connectivity index (χ4v) is 1.09. The molecule has 2 fully saturated rings. The Morgan fingerprint density at radius 1 is 0.875 bits per heavy atom. The minimum Gasteiger partial charge on any atom is -0.367 e. The van der Waals surface area contributed by atoms with Crippen molar-refractivity contribution in [2.24, 2.45) is 0 Å². The van der Waals surface area contributed by atoms with Gasteiger partial charge in [-0.2, -0.15) is 0 Å². The van der Waals surface area contributed by atoms with Crippen molar-refractivity contribution in [3.63, 3.8) is 0 Å². The van der Waals surface area contributed by atoms with Crippen LogP contribution in [0.5, 0.6) is 0 Å². The Kier molecular flexibility index (Phi) is 0.746. The van der Waals surface area contributed by atoms with Gasteiger partial charge in [0, 0.05) is 0 Å². The van der Waals surface area contributed by atoms with Crippen molar-refractivity contribution in [2.75, 3.05) is 0 Å². The molecule has 0 aromatic carbocycles. The minimum atomic E-state index is 0.435. The molecule has 2 rings (SSSR count). The van der Waals surface area contributed by atoms with Crippen molar-refractivity contribution in [3.8, 4) is 0 Å². The number of hydrogen-bond donors (Lipinski definition) is 0. The van der Waals surface area contributed by atoms with Gasteiger partial charge in [0.1, 0.15) is 12.2 Å². The van der Waals surface area contributed by atoms with Crippen LogP contribution in [0.1, 0.15) is 13.8 Å². The van der Waals surface area contributed by atoms with Crippen LogP contribution < -0.4 is 0 Å². The standard InChI is InChI=1S/C6H10O2/c1-3-5(7-3)6-4(2)8-6/h3-6H,1-2H3. The van der Waals surface area contributed by atoms with Crippen LogP contribution in [0.4, 0.5) is 0 Å². The molecule has 2 aliphatic rings. The summed E-state index contributed by atoms with van der Waals surface area (Å²) in [6.45, 7) is 4.16. The summed E-state index contributed by atoms with van der Waals surface area (Å²) in [4.78, 5) is 0. The largest absolute Gasteiger partial charge is 0.367 e. The molecule has 46 valence electrons. The summed E-state index contributed by atoms with van der Waals surface area (Å²) in [5.41, 5.74) is 0. The SMILES string of the molecule is CC1OC1C1OC1C. The van der Waals surface area contributed by atoms with Gasteiger partial charge < -0.3 is 9.47 Å². The minimum absolute atomic E-state index is 0.435. The molecule has 0 bridgehead atoms. The Hall–Kier alpha value is -0.0800. The van der Waals surface area contributed by atoms with Gasteiger partial charge in [-0.1, -0.05) is 0 Å². The van der Waals surface area contributed by atoms with Crippen LogP contribution in [0.2, 0.25) is 0 Å². The molecule has 0 aromatic rings. The molecule has 4 atom stereocenters. The van der Waals surface area contributed by atoms with E-state index in [2.05, 4.69) is 13.8 Å². The van der Waals surface area contributed by atoms with E-state index in [9.17, 15) is 0 Å². The molecule has 0 spiro atoms. The van der Waals surface area contributed by atoms with Gasteiger partial charge in [0.05, 0.1) is 12.2 Å². The van der Waals surface area contributed by atoms with E-state index in [1.165, 1.54) is 0 Å². The van der Waals surface area contributed by atoms with E-state index in [1.54, 1.807) is 0 Å². The van der Waals surface area contributed by atoms with Crippen molar-refractivity contribution in [3.05, 3.63) is 0 Å². The Bertz CT molecular complexity index is 99.1. The molecule has 4 unspecified atom stereocenters. The number of hydrogen-bond acceptors (Lipinski definition) is 2. The molecule has 0 saturated carbocycles. The van der Waals surface area contributed by atoms with Gasteiger partial charge in [0.25, 0.3) is 0 Å². The Balaban J connectivity index is 1.86. The summed E-state index contributed by atoms with van der Waals surface area (Å²) in [5, 5.41) is 0. The third kappa shape index (κ3) is 0.565. The highest BCUT2D eigenvalue weighted by molar-refractivity contribution is 4.98. The van der Waals surface area contributed by atoms with E-state index in [1.807, 2.05) is 0 Å². The molecule has 0 amide bonds. The molecule has 0 radical (unpaired) electrons. The summed E-state index contributed by atoms with van der Waals surface area (Å²) in [6, 6.07) is 0. The average molecular weight is 114 g/mol. The van der Waals surface area contributed by atoms with E-state index in [-0.39, 0.29) is 0 Å². The molecular weight excluding hydrogens is 104 g/mol. The van der Waals surface area contributed by atoms with Crippen LogP contribution in [-0.4, -0.2) is 24.4 Å². The lowest BCUT2D eigenvalue weighted by Gasteiger charge is -1.75. The van der Waals surface area contributed by atoms with Crippen LogP contribution in [-0.2, 0) is 9.47 Å². The predicted molar refractivity (Wildman–Crippen MR) is 28.7 cm³/mol. The van der Waals surface area contributed by atoms with E-state index in [4.69, 9.17) is 9.47 Å². The predicted octanol–water partition coefficient (Wildman–Crippen LogP) is 0.561. The summed E-state index contributed by atoms with van der Waals surface area (Å²) in [6.07, 6.45) is 1.80. The van der Waals surface area contributed by atoms with E-state index >= 15 is 0 Å². The number of ether oxygens (including phenoxy) is 2. The molecule has 2 aliphatic heterocycles. The normalized spacial score (nSPS) is 60.8. The third-order valence-electron chi connectivity index (χ3n) is 1.84. The zero-order valence-electron chi connectivity index (χ0n) is 5.13. The number of rotatable bonds is 1. The monoisotopic (exact) mass is 114 g/mol. The lowest BCUT2D eigenvalue weighted by atomic mass is 10.2. The second-order valence-corrected chi connectivity index (χ2v) is 2.61. The molecule has 8 heavy (non-hydrogen) atoms. The molecule has 2 saturated heterocycles. The van der Waals surface area contributed by atoms with Crippen LogP contribution in [0.3, 0.4) is 0 Å². The quantitative estimate of drug-likeness (QED) is 0.465. The fraction of sp³-hybridized carbons (Fsp3) is 1.00. The summed E-state index contributed by atoms with van der Waals surface area (Å²) in [5.74, 6) is 0. The molecule has 0 N–H and O–H groups in total. The smallest absolute Gasteiger partial charge is 0.112 e. The van der Waals surface area contributed by atoms with Crippen molar-refractivity contribution in [1.29, 1.82) is 0 Å². The van der Waals surface area contributed by atoms with Crippen molar-refractivity contribution in [2.45, 2.75) is 38.3 Å². The second-order valence-electron chi connectivity index (χ2n) is 2.61. The van der Waals surface area contributed by atoms with Gasteiger partial charge in [0.2, 0.25) is 0 Å². The van der Waals surface area contributed by atoms with Gasteiger partial charge in [-0.25, -0.2) is 0 Å². The first kappa shape index (κ1) is 4.77. The first-order chi connectivity index (χ1) is 3.79. The third-order valence-corrected chi connectivity index (χ3v) is 1.84. The van der Waals surface area contributed by atoms with E-state index < -0.39 is 0 Å². The first-order valence-corrected chi connectivity index (χ1v) is 3.10. The Morgan fingerprint density at radius 2 is 1.12 bits per heavy atom.